The maximum atomic E-state index is 14.2. The molecular weight excluding hydrogens is 510 g/mol. The van der Waals surface area contributed by atoms with Gasteiger partial charge in [-0.3, -0.25) is 4.79 Å². The molecule has 0 spiro atoms. The van der Waals surface area contributed by atoms with Crippen LogP contribution in [0.5, 0.6) is 11.6 Å². The van der Waals surface area contributed by atoms with E-state index >= 15 is 0 Å². The molecule has 0 saturated heterocycles. The Morgan fingerprint density at radius 1 is 1.15 bits per heavy atom. The first-order chi connectivity index (χ1) is 16.2. The first kappa shape index (κ1) is 23.6. The van der Waals surface area contributed by atoms with Crippen LogP contribution < -0.4 is 10.2 Å². The Morgan fingerprint density at radius 3 is 2.62 bits per heavy atom. The third-order valence-electron chi connectivity index (χ3n) is 5.25. The first-order valence-electron chi connectivity index (χ1n) is 10.3. The Balaban J connectivity index is 2.03. The van der Waals surface area contributed by atoms with Gasteiger partial charge in [-0.1, -0.05) is 18.2 Å². The van der Waals surface area contributed by atoms with E-state index in [1.165, 1.54) is 13.0 Å². The fraction of sp³-hybridized carbons (Fsp3) is 0.160. The molecule has 0 radical (unpaired) electrons. The molecule has 34 heavy (non-hydrogen) atoms. The van der Waals surface area contributed by atoms with E-state index in [0.717, 1.165) is 6.07 Å². The van der Waals surface area contributed by atoms with Crippen LogP contribution in [0.3, 0.4) is 0 Å². The average molecular weight is 529 g/mol. The smallest absolute Gasteiger partial charge is 0.344 e. The Morgan fingerprint density at radius 2 is 1.88 bits per heavy atom. The molecule has 6 nitrogen and oxygen atoms in total. The van der Waals surface area contributed by atoms with Crippen molar-refractivity contribution in [2.24, 2.45) is 0 Å². The lowest BCUT2D eigenvalue weighted by atomic mass is 10.0. The quantitative estimate of drug-likeness (QED) is 0.311. The molecule has 2 aromatic heterocycles. The lowest BCUT2D eigenvalue weighted by molar-refractivity contribution is 0.0525. The molecule has 0 aliphatic heterocycles. The normalized spacial score (nSPS) is 11.0. The number of carbonyl (C=O) groups excluding carboxylic acids is 1. The van der Waals surface area contributed by atoms with Crippen LogP contribution in [0.25, 0.3) is 22.2 Å². The van der Waals surface area contributed by atoms with E-state index in [1.807, 2.05) is 12.1 Å². The second-order valence-electron chi connectivity index (χ2n) is 7.48. The van der Waals surface area contributed by atoms with Crippen molar-refractivity contribution in [1.29, 1.82) is 0 Å². The zero-order valence-corrected chi connectivity index (χ0v) is 20.0. The van der Waals surface area contributed by atoms with Crippen LogP contribution >= 0.6 is 15.9 Å². The molecule has 1 N–H and O–H groups in total. The molecule has 0 saturated carbocycles. The molecule has 0 aliphatic carbocycles. The van der Waals surface area contributed by atoms with Gasteiger partial charge in [0, 0.05) is 16.6 Å². The van der Waals surface area contributed by atoms with E-state index in [4.69, 9.17) is 9.47 Å². The Kier molecular flexibility index (Phi) is 6.47. The zero-order chi connectivity index (χ0) is 24.6. The maximum Gasteiger partial charge on any atom is 0.344 e. The van der Waals surface area contributed by atoms with Crippen molar-refractivity contribution in [3.05, 3.63) is 85.6 Å². The number of aromatic nitrogens is 2. The minimum atomic E-state index is -1.04. The Hall–Kier alpha value is -3.59. The van der Waals surface area contributed by atoms with Crippen molar-refractivity contribution in [2.75, 3.05) is 6.61 Å². The summed E-state index contributed by atoms with van der Waals surface area (Å²) in [4.78, 5) is 33.4. The average Bonchev–Trinajstić information content (AvgIpc) is 2.82. The van der Waals surface area contributed by atoms with Gasteiger partial charge in [0.15, 0.2) is 11.6 Å². The second kappa shape index (κ2) is 9.34. The summed E-state index contributed by atoms with van der Waals surface area (Å²) in [6, 6.07) is 11.1. The van der Waals surface area contributed by atoms with Crippen molar-refractivity contribution >= 4 is 32.8 Å². The summed E-state index contributed by atoms with van der Waals surface area (Å²) < 4.78 is 39.1. The molecule has 174 valence electrons. The van der Waals surface area contributed by atoms with Gasteiger partial charge >= 0.3 is 5.97 Å². The minimum Gasteiger partial charge on any atom is -0.462 e. The molecule has 2 heterocycles. The van der Waals surface area contributed by atoms with Crippen LogP contribution in [0.4, 0.5) is 8.78 Å². The monoisotopic (exact) mass is 528 g/mol. The summed E-state index contributed by atoms with van der Waals surface area (Å²) in [5.41, 5.74) is 0.603. The number of esters is 1. The molecule has 0 unspecified atom stereocenters. The number of nitrogens with one attached hydrogen (secondary N) is 1. The van der Waals surface area contributed by atoms with Crippen LogP contribution in [-0.2, 0) is 4.74 Å². The highest BCUT2D eigenvalue weighted by molar-refractivity contribution is 9.10. The number of aryl methyl sites for hydroxylation is 1. The molecule has 4 aromatic rings. The Labute approximate surface area is 201 Å². The summed E-state index contributed by atoms with van der Waals surface area (Å²) in [7, 11) is 0. The summed E-state index contributed by atoms with van der Waals surface area (Å²) >= 11 is 3.22. The number of benzene rings is 2. The van der Waals surface area contributed by atoms with Crippen LogP contribution in [0.1, 0.15) is 28.5 Å². The lowest BCUT2D eigenvalue weighted by Gasteiger charge is -2.16. The molecule has 0 amide bonds. The van der Waals surface area contributed by atoms with Gasteiger partial charge in [-0.15, -0.1) is 0 Å². The maximum absolute atomic E-state index is 14.2. The molecule has 2 aromatic carbocycles. The topological polar surface area (TPSA) is 81.3 Å². The molecule has 0 atom stereocenters. The Bertz CT molecular complexity index is 1500. The van der Waals surface area contributed by atoms with Crippen molar-refractivity contribution in [2.45, 2.75) is 20.8 Å². The van der Waals surface area contributed by atoms with Gasteiger partial charge in [0.25, 0.3) is 0 Å². The van der Waals surface area contributed by atoms with Crippen molar-refractivity contribution < 1.29 is 23.0 Å². The number of rotatable bonds is 5. The van der Waals surface area contributed by atoms with Crippen LogP contribution in [0, 0.1) is 25.5 Å². The number of fused-ring (bicyclic) bond motifs is 1. The van der Waals surface area contributed by atoms with E-state index in [1.54, 1.807) is 32.0 Å². The fourth-order valence-electron chi connectivity index (χ4n) is 3.50. The zero-order valence-electron chi connectivity index (χ0n) is 18.5. The highest BCUT2D eigenvalue weighted by Crippen LogP contribution is 2.37. The number of carbonyl (C=O) groups is 1. The summed E-state index contributed by atoms with van der Waals surface area (Å²) in [6.45, 7) is 4.74. The minimum absolute atomic E-state index is 0.00395. The van der Waals surface area contributed by atoms with Gasteiger partial charge in [0.05, 0.1) is 27.9 Å². The molecule has 4 rings (SSSR count). The van der Waals surface area contributed by atoms with Gasteiger partial charge < -0.3 is 14.5 Å². The standard InChI is InChI=1S/C25H19BrF2N2O4/c1-4-33-25(32)19-22(29-13(3)20(26)23(19)31)15-11-14-7-5-6-8-17(14)30-24(15)34-18-10-9-16(27)21(28)12(18)2/h5-11H,4H2,1-3H3,(H,29,31). The van der Waals surface area contributed by atoms with Gasteiger partial charge in [-0.25, -0.2) is 18.6 Å². The van der Waals surface area contributed by atoms with Gasteiger partial charge in [0.1, 0.15) is 11.3 Å². The lowest BCUT2D eigenvalue weighted by Crippen LogP contribution is -2.22. The number of pyridine rings is 2. The van der Waals surface area contributed by atoms with Crippen molar-refractivity contribution in [3.8, 4) is 22.9 Å². The molecule has 0 fully saturated rings. The van der Waals surface area contributed by atoms with E-state index < -0.39 is 23.0 Å². The van der Waals surface area contributed by atoms with E-state index in [9.17, 15) is 18.4 Å². The summed E-state index contributed by atoms with van der Waals surface area (Å²) in [5, 5.41) is 0.711. The predicted octanol–water partition coefficient (Wildman–Crippen LogP) is 6.22. The fourth-order valence-corrected chi connectivity index (χ4v) is 3.80. The van der Waals surface area contributed by atoms with Gasteiger partial charge in [-0.05, 0) is 61.0 Å². The first-order valence-corrected chi connectivity index (χ1v) is 11.1. The van der Waals surface area contributed by atoms with E-state index in [0.29, 0.717) is 16.6 Å². The summed E-state index contributed by atoms with van der Waals surface area (Å²) in [5.74, 6) is -2.83. The summed E-state index contributed by atoms with van der Waals surface area (Å²) in [6.07, 6.45) is 0. The number of para-hydroxylation sites is 1. The SMILES string of the molecule is CCOC(=O)c1c(-c2cc3ccccc3nc2Oc2ccc(F)c(F)c2C)[nH]c(C)c(Br)c1=O. The third kappa shape index (κ3) is 4.19. The van der Waals surface area contributed by atoms with Gasteiger partial charge in [-0.2, -0.15) is 0 Å². The highest BCUT2D eigenvalue weighted by atomic mass is 79.9. The van der Waals surface area contributed by atoms with E-state index in [-0.39, 0.29) is 45.1 Å². The number of halogens is 3. The van der Waals surface area contributed by atoms with Gasteiger partial charge in [0.2, 0.25) is 11.3 Å². The molecular formula is C25H19BrF2N2O4. The van der Waals surface area contributed by atoms with Crippen LogP contribution in [0.15, 0.2) is 51.7 Å². The number of H-pyrrole nitrogens is 1. The molecule has 0 aliphatic rings. The number of ether oxygens (including phenoxy) is 2. The molecule has 0 bridgehead atoms. The van der Waals surface area contributed by atoms with Crippen LogP contribution in [-0.4, -0.2) is 22.5 Å². The largest absolute Gasteiger partial charge is 0.462 e. The van der Waals surface area contributed by atoms with E-state index in [2.05, 4.69) is 25.9 Å². The second-order valence-corrected chi connectivity index (χ2v) is 8.28. The van der Waals surface area contributed by atoms with Crippen LogP contribution in [0.2, 0.25) is 0 Å². The van der Waals surface area contributed by atoms with Crippen molar-refractivity contribution in [1.82, 2.24) is 9.97 Å². The number of hydrogen-bond acceptors (Lipinski definition) is 5. The van der Waals surface area contributed by atoms with Crippen molar-refractivity contribution in [3.63, 3.8) is 0 Å². The number of aromatic amines is 1. The number of nitrogens with zero attached hydrogens (tertiary/aromatic N) is 1. The number of hydrogen-bond donors (Lipinski definition) is 1. The third-order valence-corrected chi connectivity index (χ3v) is 6.21. The molecule has 9 heteroatoms. The predicted molar refractivity (Wildman–Crippen MR) is 127 cm³/mol. The highest BCUT2D eigenvalue weighted by Gasteiger charge is 2.26.